The number of aliphatic hydroxyl groups is 1. The van der Waals surface area contributed by atoms with Crippen molar-refractivity contribution in [2.75, 3.05) is 19.8 Å². The van der Waals surface area contributed by atoms with E-state index >= 15 is 0 Å². The highest BCUT2D eigenvalue weighted by Gasteiger charge is 2.26. The number of allylic oxidation sites excluding steroid dienone is 5. The van der Waals surface area contributed by atoms with Crippen molar-refractivity contribution in [1.82, 2.24) is 5.32 Å². The third kappa shape index (κ3) is 36.9. The van der Waals surface area contributed by atoms with Crippen molar-refractivity contribution in [3.05, 3.63) is 36.5 Å². The number of amides is 1. The van der Waals surface area contributed by atoms with Gasteiger partial charge < -0.3 is 21.1 Å². The van der Waals surface area contributed by atoms with Gasteiger partial charge in [-0.2, -0.15) is 0 Å². The second kappa shape index (κ2) is 38.4. The Morgan fingerprint density at radius 3 is 1.55 bits per heavy atom. The molecule has 0 aromatic heterocycles. The van der Waals surface area contributed by atoms with Crippen molar-refractivity contribution in [3.8, 4) is 0 Å². The molecule has 300 valence electrons. The van der Waals surface area contributed by atoms with Crippen LogP contribution in [0.4, 0.5) is 0 Å². The van der Waals surface area contributed by atoms with Gasteiger partial charge in [-0.15, -0.1) is 0 Å². The summed E-state index contributed by atoms with van der Waals surface area (Å²) in [7, 11) is -4.34. The Labute approximate surface area is 314 Å². The molecular formula is C42H81N2O6P. The number of carbonyl (C=O) groups is 1. The van der Waals surface area contributed by atoms with Crippen molar-refractivity contribution in [2.45, 2.75) is 206 Å². The zero-order chi connectivity index (χ0) is 37.5. The molecule has 3 atom stereocenters. The number of unbranched alkanes of at least 4 members (excludes halogenated alkanes) is 23. The van der Waals surface area contributed by atoms with Gasteiger partial charge in [0, 0.05) is 13.0 Å². The second-order valence-electron chi connectivity index (χ2n) is 14.2. The molecule has 1 amide bonds. The van der Waals surface area contributed by atoms with Crippen LogP contribution in [-0.4, -0.2) is 47.8 Å². The molecule has 0 aromatic carbocycles. The number of hydrogen-bond donors (Lipinski definition) is 4. The topological polar surface area (TPSA) is 131 Å². The summed E-state index contributed by atoms with van der Waals surface area (Å²) in [5.41, 5.74) is 5.35. The third-order valence-corrected chi connectivity index (χ3v) is 10.2. The van der Waals surface area contributed by atoms with Crippen LogP contribution in [0, 0.1) is 0 Å². The largest absolute Gasteiger partial charge is 0.472 e. The fourth-order valence-corrected chi connectivity index (χ4v) is 6.72. The van der Waals surface area contributed by atoms with Gasteiger partial charge >= 0.3 is 7.82 Å². The summed E-state index contributed by atoms with van der Waals surface area (Å²) in [6, 6.07) is -0.874. The molecule has 0 saturated carbocycles. The summed E-state index contributed by atoms with van der Waals surface area (Å²) in [5, 5.41) is 13.5. The molecule has 0 aliphatic heterocycles. The molecule has 0 rings (SSSR count). The molecule has 0 saturated heterocycles. The van der Waals surface area contributed by atoms with E-state index in [4.69, 9.17) is 14.8 Å². The summed E-state index contributed by atoms with van der Waals surface area (Å²) in [4.78, 5) is 22.6. The lowest BCUT2D eigenvalue weighted by atomic mass is 10.0. The van der Waals surface area contributed by atoms with Crippen molar-refractivity contribution in [3.63, 3.8) is 0 Å². The minimum atomic E-state index is -4.34. The van der Waals surface area contributed by atoms with Crippen LogP contribution in [0.3, 0.4) is 0 Å². The third-order valence-electron chi connectivity index (χ3n) is 9.19. The summed E-state index contributed by atoms with van der Waals surface area (Å²) in [5.74, 6) is -0.208. The first kappa shape index (κ1) is 49.7. The average Bonchev–Trinajstić information content (AvgIpc) is 3.12. The van der Waals surface area contributed by atoms with Gasteiger partial charge in [0.25, 0.3) is 0 Å². The maximum atomic E-state index is 12.7. The molecule has 8 nitrogen and oxygen atoms in total. The Morgan fingerprint density at radius 1 is 0.627 bits per heavy atom. The Balaban J connectivity index is 4.05. The number of phosphoric acid groups is 1. The van der Waals surface area contributed by atoms with E-state index in [-0.39, 0.29) is 25.7 Å². The van der Waals surface area contributed by atoms with E-state index in [9.17, 15) is 19.4 Å². The van der Waals surface area contributed by atoms with Gasteiger partial charge in [-0.3, -0.25) is 13.8 Å². The molecule has 0 aliphatic carbocycles. The summed E-state index contributed by atoms with van der Waals surface area (Å²) in [6.07, 6.45) is 45.0. The van der Waals surface area contributed by atoms with Crippen LogP contribution in [0.25, 0.3) is 0 Å². The summed E-state index contributed by atoms with van der Waals surface area (Å²) in [6.45, 7) is 4.06. The maximum Gasteiger partial charge on any atom is 0.472 e. The van der Waals surface area contributed by atoms with Crippen LogP contribution in [0.15, 0.2) is 36.5 Å². The Hall–Kier alpha value is -1.28. The monoisotopic (exact) mass is 741 g/mol. The molecule has 0 aromatic rings. The molecule has 51 heavy (non-hydrogen) atoms. The van der Waals surface area contributed by atoms with Gasteiger partial charge in [0.1, 0.15) is 0 Å². The molecule has 9 heteroatoms. The summed E-state index contributed by atoms with van der Waals surface area (Å²) >= 11 is 0. The summed E-state index contributed by atoms with van der Waals surface area (Å²) < 4.78 is 22.0. The first-order valence-corrected chi connectivity index (χ1v) is 22.6. The van der Waals surface area contributed by atoms with Crippen LogP contribution in [0.5, 0.6) is 0 Å². The van der Waals surface area contributed by atoms with Crippen LogP contribution in [0.2, 0.25) is 0 Å². The minimum absolute atomic E-state index is 0.0736. The fraction of sp³-hybridized carbons (Fsp3) is 0.833. The number of aliphatic hydroxyl groups excluding tert-OH is 1. The predicted molar refractivity (Wildman–Crippen MR) is 217 cm³/mol. The van der Waals surface area contributed by atoms with E-state index in [0.717, 1.165) is 38.5 Å². The molecule has 0 spiro atoms. The maximum absolute atomic E-state index is 12.7. The molecule has 3 unspecified atom stereocenters. The molecule has 5 N–H and O–H groups in total. The normalized spacial score (nSPS) is 14.5. The highest BCUT2D eigenvalue weighted by molar-refractivity contribution is 7.47. The van der Waals surface area contributed by atoms with E-state index in [1.807, 2.05) is 6.08 Å². The lowest BCUT2D eigenvalue weighted by Gasteiger charge is -2.23. The number of carbonyl (C=O) groups excluding carboxylic acids is 1. The molecule has 0 radical (unpaired) electrons. The number of rotatable bonds is 39. The Bertz CT molecular complexity index is 897. The zero-order valence-corrected chi connectivity index (χ0v) is 34.0. The number of nitrogens with two attached hydrogens (primary N) is 1. The molecule has 0 fully saturated rings. The van der Waals surface area contributed by atoms with Crippen LogP contribution < -0.4 is 11.1 Å². The van der Waals surface area contributed by atoms with Crippen LogP contribution >= 0.6 is 7.82 Å². The number of phosphoric ester groups is 1. The standard InChI is InChI=1S/C42H81N2O6P/c1-3-5-7-9-11-13-14-15-16-17-18-19-20-21-22-23-24-25-26-28-30-32-34-36-42(46)44-40(39-50-51(47,48)49-38-37-43)41(45)35-33-31-29-27-12-10-8-6-4-2/h12,17-18,27,33,35,40-41,45H,3-11,13-16,19-26,28-32,34,36-39,43H2,1-2H3,(H,44,46)(H,47,48)/b18-17-,27-12+,35-33+. The molecule has 0 aliphatic rings. The molecule has 0 bridgehead atoms. The quantitative estimate of drug-likeness (QED) is 0.0280. The van der Waals surface area contributed by atoms with Gasteiger partial charge in [-0.05, 0) is 57.8 Å². The lowest BCUT2D eigenvalue weighted by Crippen LogP contribution is -2.45. The fourth-order valence-electron chi connectivity index (χ4n) is 5.97. The van der Waals surface area contributed by atoms with Crippen molar-refractivity contribution >= 4 is 13.7 Å². The zero-order valence-electron chi connectivity index (χ0n) is 33.1. The van der Waals surface area contributed by atoms with Crippen molar-refractivity contribution < 1.29 is 28.4 Å². The Kier molecular flexibility index (Phi) is 37.5. The van der Waals surface area contributed by atoms with Gasteiger partial charge in [-0.1, -0.05) is 166 Å². The van der Waals surface area contributed by atoms with Crippen molar-refractivity contribution in [2.24, 2.45) is 5.73 Å². The highest BCUT2D eigenvalue weighted by atomic mass is 31.2. The average molecular weight is 741 g/mol. The highest BCUT2D eigenvalue weighted by Crippen LogP contribution is 2.43. The van der Waals surface area contributed by atoms with Gasteiger partial charge in [0.2, 0.25) is 5.91 Å². The lowest BCUT2D eigenvalue weighted by molar-refractivity contribution is -0.123. The van der Waals surface area contributed by atoms with Gasteiger partial charge in [-0.25, -0.2) is 4.57 Å². The number of nitrogens with one attached hydrogen (secondary N) is 1. The van der Waals surface area contributed by atoms with Crippen LogP contribution in [0.1, 0.15) is 194 Å². The first-order valence-electron chi connectivity index (χ1n) is 21.1. The van der Waals surface area contributed by atoms with E-state index < -0.39 is 20.0 Å². The molecular weight excluding hydrogens is 659 g/mol. The van der Waals surface area contributed by atoms with E-state index in [0.29, 0.717) is 6.42 Å². The predicted octanol–water partition coefficient (Wildman–Crippen LogP) is 11.6. The van der Waals surface area contributed by atoms with E-state index in [2.05, 4.69) is 43.5 Å². The van der Waals surface area contributed by atoms with E-state index in [1.54, 1.807) is 6.08 Å². The van der Waals surface area contributed by atoms with Gasteiger partial charge in [0.05, 0.1) is 25.4 Å². The molecule has 0 heterocycles. The second-order valence-corrected chi connectivity index (χ2v) is 15.6. The smallest absolute Gasteiger partial charge is 0.387 e. The first-order chi connectivity index (χ1) is 24.9. The van der Waals surface area contributed by atoms with Gasteiger partial charge in [0.15, 0.2) is 0 Å². The number of hydrogen-bond acceptors (Lipinski definition) is 6. The SMILES string of the molecule is CCCCC/C=C/CC/C=C/C(O)C(COP(=O)(O)OCCN)NC(=O)CCCCCCCCCCCCC/C=C\CCCCCCCCCC. The van der Waals surface area contributed by atoms with E-state index in [1.165, 1.54) is 135 Å². The van der Waals surface area contributed by atoms with Crippen LogP contribution in [-0.2, 0) is 18.4 Å². The Morgan fingerprint density at radius 2 is 1.04 bits per heavy atom. The minimum Gasteiger partial charge on any atom is -0.387 e. The van der Waals surface area contributed by atoms with Crippen molar-refractivity contribution in [1.29, 1.82) is 0 Å².